The van der Waals surface area contributed by atoms with E-state index in [9.17, 15) is 17.6 Å². The number of hydrogen-bond donors (Lipinski definition) is 1. The summed E-state index contributed by atoms with van der Waals surface area (Å²) < 4.78 is 40.0. The summed E-state index contributed by atoms with van der Waals surface area (Å²) in [6.07, 6.45) is 1.94. The average Bonchev–Trinajstić information content (AvgIpc) is 2.92. The zero-order valence-electron chi connectivity index (χ0n) is 17.4. The fourth-order valence-corrected chi connectivity index (χ4v) is 4.98. The predicted octanol–water partition coefficient (Wildman–Crippen LogP) is 3.54. The van der Waals surface area contributed by atoms with Gasteiger partial charge in [-0.05, 0) is 62.8 Å². The largest absolute Gasteiger partial charge is 0.370 e. The first-order chi connectivity index (χ1) is 14.3. The van der Waals surface area contributed by atoms with Gasteiger partial charge in [0.1, 0.15) is 5.82 Å². The van der Waals surface area contributed by atoms with Crippen molar-refractivity contribution in [2.45, 2.75) is 36.0 Å². The molecule has 1 aliphatic rings. The molecule has 0 saturated carbocycles. The average molecular weight is 434 g/mol. The molecule has 0 aliphatic carbocycles. The molecule has 1 N–H and O–H groups in total. The first-order valence-electron chi connectivity index (χ1n) is 10.2. The summed E-state index contributed by atoms with van der Waals surface area (Å²) in [7, 11) is -1.92. The van der Waals surface area contributed by atoms with Gasteiger partial charge in [-0.15, -0.1) is 0 Å². The Morgan fingerprint density at radius 2 is 1.90 bits per heavy atom. The van der Waals surface area contributed by atoms with E-state index in [0.29, 0.717) is 6.42 Å². The highest BCUT2D eigenvalue weighted by Gasteiger charge is 2.24. The molecule has 30 heavy (non-hydrogen) atoms. The monoisotopic (exact) mass is 433 g/mol. The van der Waals surface area contributed by atoms with Crippen LogP contribution in [0.5, 0.6) is 0 Å². The highest BCUT2D eigenvalue weighted by molar-refractivity contribution is 7.91. The minimum Gasteiger partial charge on any atom is -0.370 e. The quantitative estimate of drug-likeness (QED) is 0.755. The van der Waals surface area contributed by atoms with Crippen LogP contribution < -0.4 is 10.2 Å². The number of benzene rings is 2. The number of carbonyl (C=O) groups excluding carboxylic acids is 1. The standard InChI is InChI=1S/C22H28FN3O3S/c1-3-6-22(27)24-20-16-18(26-12-5-11-25(2)13-14-26)9-10-21(20)30(28,29)19-8-4-7-17(23)15-19/h4,7-10,15-16H,3,5-6,11-14H2,1-2H3,(H,24,27). The van der Waals surface area contributed by atoms with E-state index in [-0.39, 0.29) is 27.8 Å². The fraction of sp³-hybridized carbons (Fsp3) is 0.409. The molecule has 0 radical (unpaired) electrons. The minimum atomic E-state index is -4.00. The Hall–Kier alpha value is -2.45. The SMILES string of the molecule is CCCC(=O)Nc1cc(N2CCCN(C)CC2)ccc1S(=O)(=O)c1cccc(F)c1. The molecule has 1 saturated heterocycles. The molecule has 162 valence electrons. The number of rotatable bonds is 6. The number of anilines is 2. The maximum Gasteiger partial charge on any atom is 0.224 e. The Labute approximate surface area is 177 Å². The second kappa shape index (κ2) is 9.57. The summed E-state index contributed by atoms with van der Waals surface area (Å²) >= 11 is 0. The minimum absolute atomic E-state index is 0.0340. The maximum absolute atomic E-state index is 13.7. The van der Waals surface area contributed by atoms with Gasteiger partial charge >= 0.3 is 0 Å². The van der Waals surface area contributed by atoms with E-state index in [2.05, 4.69) is 22.2 Å². The van der Waals surface area contributed by atoms with E-state index >= 15 is 0 Å². The third-order valence-electron chi connectivity index (χ3n) is 5.19. The normalized spacial score (nSPS) is 15.6. The molecule has 6 nitrogen and oxygen atoms in total. The molecule has 2 aromatic carbocycles. The number of nitrogens with one attached hydrogen (secondary N) is 1. The van der Waals surface area contributed by atoms with Crippen LogP contribution in [0.3, 0.4) is 0 Å². The highest BCUT2D eigenvalue weighted by atomic mass is 32.2. The second-order valence-electron chi connectivity index (χ2n) is 7.58. The third kappa shape index (κ3) is 5.17. The molecular formula is C22H28FN3O3S. The summed E-state index contributed by atoms with van der Waals surface area (Å²) in [5.41, 5.74) is 1.09. The first kappa shape index (κ1) is 22.2. The van der Waals surface area contributed by atoms with Crippen LogP contribution in [0.4, 0.5) is 15.8 Å². The van der Waals surface area contributed by atoms with Gasteiger partial charge in [-0.25, -0.2) is 12.8 Å². The van der Waals surface area contributed by atoms with Crippen molar-refractivity contribution in [3.05, 3.63) is 48.3 Å². The van der Waals surface area contributed by atoms with Crippen molar-refractivity contribution in [2.75, 3.05) is 43.4 Å². The van der Waals surface area contributed by atoms with Gasteiger partial charge in [-0.2, -0.15) is 0 Å². The summed E-state index contributed by atoms with van der Waals surface area (Å²) in [4.78, 5) is 16.6. The molecule has 1 aliphatic heterocycles. The van der Waals surface area contributed by atoms with Gasteiger partial charge < -0.3 is 15.1 Å². The van der Waals surface area contributed by atoms with Gasteiger partial charge in [0.15, 0.2) is 0 Å². The van der Waals surface area contributed by atoms with Gasteiger partial charge in [0, 0.05) is 31.7 Å². The molecule has 0 bridgehead atoms. The van der Waals surface area contributed by atoms with Crippen molar-refractivity contribution in [3.63, 3.8) is 0 Å². The molecule has 2 aromatic rings. The topological polar surface area (TPSA) is 69.7 Å². The van der Waals surface area contributed by atoms with Crippen molar-refractivity contribution in [2.24, 2.45) is 0 Å². The van der Waals surface area contributed by atoms with Crippen molar-refractivity contribution in [1.82, 2.24) is 4.90 Å². The molecule has 3 rings (SSSR count). The van der Waals surface area contributed by atoms with Crippen molar-refractivity contribution in [1.29, 1.82) is 0 Å². The van der Waals surface area contributed by atoms with Gasteiger partial charge in [0.05, 0.1) is 15.5 Å². The Balaban J connectivity index is 2.02. The third-order valence-corrected chi connectivity index (χ3v) is 7.00. The molecule has 0 atom stereocenters. The van der Waals surface area contributed by atoms with Crippen LogP contribution in [0.15, 0.2) is 52.3 Å². The summed E-state index contributed by atoms with van der Waals surface area (Å²) in [5, 5.41) is 2.76. The zero-order valence-corrected chi connectivity index (χ0v) is 18.2. The lowest BCUT2D eigenvalue weighted by atomic mass is 10.2. The maximum atomic E-state index is 13.7. The van der Waals surface area contributed by atoms with Crippen molar-refractivity contribution < 1.29 is 17.6 Å². The summed E-state index contributed by atoms with van der Waals surface area (Å²) in [6, 6.07) is 9.88. The lowest BCUT2D eigenvalue weighted by Gasteiger charge is -2.24. The van der Waals surface area contributed by atoms with E-state index in [0.717, 1.165) is 44.4 Å². The zero-order chi connectivity index (χ0) is 21.7. The van der Waals surface area contributed by atoms with Crippen LogP contribution in [0.1, 0.15) is 26.2 Å². The predicted molar refractivity (Wildman–Crippen MR) is 116 cm³/mol. The van der Waals surface area contributed by atoms with Crippen LogP contribution in [0.25, 0.3) is 0 Å². The van der Waals surface area contributed by atoms with E-state index < -0.39 is 15.7 Å². The van der Waals surface area contributed by atoms with Crippen molar-refractivity contribution >= 4 is 27.1 Å². The molecule has 1 fully saturated rings. The molecule has 1 heterocycles. The molecule has 0 unspecified atom stereocenters. The Kier molecular flexibility index (Phi) is 7.10. The molecular weight excluding hydrogens is 405 g/mol. The Morgan fingerprint density at radius 3 is 2.63 bits per heavy atom. The first-order valence-corrected chi connectivity index (χ1v) is 11.7. The summed E-state index contributed by atoms with van der Waals surface area (Å²) in [5.74, 6) is -0.876. The number of halogens is 1. The van der Waals surface area contributed by atoms with Crippen LogP contribution in [-0.2, 0) is 14.6 Å². The summed E-state index contributed by atoms with van der Waals surface area (Å²) in [6.45, 7) is 5.45. The second-order valence-corrected chi connectivity index (χ2v) is 9.50. The van der Waals surface area contributed by atoms with Gasteiger partial charge in [0.25, 0.3) is 0 Å². The lowest BCUT2D eigenvalue weighted by molar-refractivity contribution is -0.116. The smallest absolute Gasteiger partial charge is 0.224 e. The Bertz CT molecular complexity index is 1010. The van der Waals surface area contributed by atoms with Crippen LogP contribution >= 0.6 is 0 Å². The lowest BCUT2D eigenvalue weighted by Crippen LogP contribution is -2.29. The van der Waals surface area contributed by atoms with Gasteiger partial charge in [-0.3, -0.25) is 4.79 Å². The number of likely N-dealkylation sites (N-methyl/N-ethyl adjacent to an activating group) is 1. The van der Waals surface area contributed by atoms with E-state index in [1.807, 2.05) is 6.92 Å². The number of sulfone groups is 1. The van der Waals surface area contributed by atoms with E-state index in [1.54, 1.807) is 12.1 Å². The van der Waals surface area contributed by atoms with Crippen LogP contribution in [0, 0.1) is 5.82 Å². The number of amides is 1. The van der Waals surface area contributed by atoms with Crippen LogP contribution in [0.2, 0.25) is 0 Å². The van der Waals surface area contributed by atoms with Crippen LogP contribution in [-0.4, -0.2) is 52.5 Å². The Morgan fingerprint density at radius 1 is 1.10 bits per heavy atom. The molecule has 0 spiro atoms. The van der Waals surface area contributed by atoms with E-state index in [1.165, 1.54) is 24.3 Å². The van der Waals surface area contributed by atoms with Crippen molar-refractivity contribution in [3.8, 4) is 0 Å². The fourth-order valence-electron chi connectivity index (χ4n) is 3.55. The molecule has 1 amide bonds. The molecule has 8 heteroatoms. The number of carbonyl (C=O) groups is 1. The number of nitrogens with zero attached hydrogens (tertiary/aromatic N) is 2. The van der Waals surface area contributed by atoms with Gasteiger partial charge in [-0.1, -0.05) is 13.0 Å². The molecule has 0 aromatic heterocycles. The number of hydrogen-bond acceptors (Lipinski definition) is 5. The van der Waals surface area contributed by atoms with E-state index in [4.69, 9.17) is 0 Å². The highest BCUT2D eigenvalue weighted by Crippen LogP contribution is 2.32. The van der Waals surface area contributed by atoms with Gasteiger partial charge in [0.2, 0.25) is 15.7 Å².